The van der Waals surface area contributed by atoms with E-state index < -0.39 is 11.7 Å². The summed E-state index contributed by atoms with van der Waals surface area (Å²) in [6, 6.07) is 1.85. The molecule has 0 radical (unpaired) electrons. The first-order valence-electron chi connectivity index (χ1n) is 5.85. The highest BCUT2D eigenvalue weighted by Crippen LogP contribution is 2.31. The maximum absolute atomic E-state index is 12.6. The maximum Gasteiger partial charge on any atom is 0.416 e. The number of nitrogen functional groups attached to an aromatic ring is 1. The second kappa shape index (κ2) is 5.46. The molecule has 3 nitrogen and oxygen atoms in total. The minimum Gasteiger partial charge on any atom is -0.384 e. The van der Waals surface area contributed by atoms with Crippen LogP contribution in [0.25, 0.3) is 0 Å². The fourth-order valence-corrected chi connectivity index (χ4v) is 1.52. The highest BCUT2D eigenvalue weighted by atomic mass is 19.4. The van der Waals surface area contributed by atoms with Crippen molar-refractivity contribution in [1.82, 2.24) is 4.98 Å². The molecule has 0 bridgehead atoms. The van der Waals surface area contributed by atoms with Crippen LogP contribution in [0.2, 0.25) is 0 Å². The fourth-order valence-electron chi connectivity index (χ4n) is 1.52. The summed E-state index contributed by atoms with van der Waals surface area (Å²) in [7, 11) is 0. The molecule has 6 heteroatoms. The zero-order valence-electron chi connectivity index (χ0n) is 10.7. The number of hydrogen-bond donors (Lipinski definition) is 2. The van der Waals surface area contributed by atoms with Gasteiger partial charge in [-0.1, -0.05) is 20.3 Å². The first kappa shape index (κ1) is 14.6. The number of alkyl halides is 3. The number of anilines is 2. The monoisotopic (exact) mass is 261 g/mol. The summed E-state index contributed by atoms with van der Waals surface area (Å²) >= 11 is 0. The Hall–Kier alpha value is -1.46. The van der Waals surface area contributed by atoms with Gasteiger partial charge in [-0.15, -0.1) is 0 Å². The Morgan fingerprint density at radius 1 is 1.33 bits per heavy atom. The normalized spacial score (nSPS) is 15.2. The zero-order chi connectivity index (χ0) is 13.9. The van der Waals surface area contributed by atoms with Crippen LogP contribution >= 0.6 is 0 Å². The molecule has 2 unspecified atom stereocenters. The molecule has 0 aliphatic heterocycles. The third-order valence-corrected chi connectivity index (χ3v) is 3.05. The van der Waals surface area contributed by atoms with E-state index in [0.717, 1.165) is 18.6 Å². The van der Waals surface area contributed by atoms with E-state index in [-0.39, 0.29) is 17.7 Å². The van der Waals surface area contributed by atoms with Crippen LogP contribution in [0.1, 0.15) is 32.8 Å². The number of rotatable bonds is 4. The van der Waals surface area contributed by atoms with Gasteiger partial charge in [-0.3, -0.25) is 0 Å². The molecule has 2 atom stereocenters. The molecule has 102 valence electrons. The number of nitrogens with one attached hydrogen (secondary N) is 1. The van der Waals surface area contributed by atoms with E-state index in [1.807, 2.05) is 20.8 Å². The van der Waals surface area contributed by atoms with Crippen LogP contribution in [0.15, 0.2) is 12.1 Å². The van der Waals surface area contributed by atoms with Gasteiger partial charge in [0, 0.05) is 6.04 Å². The first-order valence-corrected chi connectivity index (χ1v) is 5.85. The van der Waals surface area contributed by atoms with Gasteiger partial charge in [0.1, 0.15) is 11.6 Å². The van der Waals surface area contributed by atoms with E-state index in [1.165, 1.54) is 0 Å². The van der Waals surface area contributed by atoms with Crippen LogP contribution in [0.3, 0.4) is 0 Å². The van der Waals surface area contributed by atoms with Gasteiger partial charge in [0.2, 0.25) is 0 Å². The van der Waals surface area contributed by atoms with Gasteiger partial charge in [0.25, 0.3) is 0 Å². The Bertz CT molecular complexity index is 404. The van der Waals surface area contributed by atoms with Gasteiger partial charge in [-0.05, 0) is 25.0 Å². The molecule has 0 aliphatic rings. The largest absolute Gasteiger partial charge is 0.416 e. The lowest BCUT2D eigenvalue weighted by Gasteiger charge is -2.21. The SMILES string of the molecule is CCC(C)C(C)Nc1cc(C(F)(F)F)cc(N)n1. The van der Waals surface area contributed by atoms with Crippen molar-refractivity contribution in [3.8, 4) is 0 Å². The minimum atomic E-state index is -4.41. The number of halogens is 3. The highest BCUT2D eigenvalue weighted by molar-refractivity contribution is 5.47. The number of hydrogen-bond acceptors (Lipinski definition) is 3. The third kappa shape index (κ3) is 3.78. The van der Waals surface area contributed by atoms with Gasteiger partial charge in [0.15, 0.2) is 0 Å². The van der Waals surface area contributed by atoms with E-state index >= 15 is 0 Å². The van der Waals surface area contributed by atoms with E-state index in [0.29, 0.717) is 5.92 Å². The Morgan fingerprint density at radius 3 is 2.44 bits per heavy atom. The Labute approximate surface area is 105 Å². The van der Waals surface area contributed by atoms with E-state index in [2.05, 4.69) is 10.3 Å². The van der Waals surface area contributed by atoms with Gasteiger partial charge in [0.05, 0.1) is 5.56 Å². The number of pyridine rings is 1. The van der Waals surface area contributed by atoms with E-state index in [4.69, 9.17) is 5.73 Å². The summed E-state index contributed by atoms with van der Waals surface area (Å²) < 4.78 is 37.8. The van der Waals surface area contributed by atoms with Gasteiger partial charge < -0.3 is 11.1 Å². The summed E-state index contributed by atoms with van der Waals surface area (Å²) in [5, 5.41) is 2.95. The molecule has 18 heavy (non-hydrogen) atoms. The quantitative estimate of drug-likeness (QED) is 0.871. The lowest BCUT2D eigenvalue weighted by molar-refractivity contribution is -0.137. The lowest BCUT2D eigenvalue weighted by Crippen LogP contribution is -2.24. The molecule has 0 fully saturated rings. The molecule has 0 saturated carbocycles. The van der Waals surface area contributed by atoms with Crippen LogP contribution < -0.4 is 11.1 Å². The average molecular weight is 261 g/mol. The van der Waals surface area contributed by atoms with Crippen LogP contribution in [0.5, 0.6) is 0 Å². The van der Waals surface area contributed by atoms with Crippen molar-refractivity contribution < 1.29 is 13.2 Å². The molecule has 0 saturated heterocycles. The molecular formula is C12H18F3N3. The minimum absolute atomic E-state index is 0.0328. The molecule has 3 N–H and O–H groups in total. The summed E-state index contributed by atoms with van der Waals surface area (Å²) in [6.07, 6.45) is -3.48. The third-order valence-electron chi connectivity index (χ3n) is 3.05. The lowest BCUT2D eigenvalue weighted by atomic mass is 10.0. The van der Waals surface area contributed by atoms with E-state index in [1.54, 1.807) is 0 Å². The highest BCUT2D eigenvalue weighted by Gasteiger charge is 2.31. The summed E-state index contributed by atoms with van der Waals surface area (Å²) in [5.41, 5.74) is 4.61. The number of nitrogens with two attached hydrogens (primary N) is 1. The predicted molar refractivity (Wildman–Crippen MR) is 66.2 cm³/mol. The summed E-state index contributed by atoms with van der Waals surface area (Å²) in [4.78, 5) is 3.87. The standard InChI is InChI=1S/C12H18F3N3/c1-4-7(2)8(3)17-11-6-9(12(13,14)15)5-10(16)18-11/h5-8H,4H2,1-3H3,(H3,16,17,18). The number of aromatic nitrogens is 1. The topological polar surface area (TPSA) is 50.9 Å². The molecule has 0 amide bonds. The van der Waals surface area contributed by atoms with Gasteiger partial charge >= 0.3 is 6.18 Å². The summed E-state index contributed by atoms with van der Waals surface area (Å²) in [5.74, 6) is 0.362. The van der Waals surface area contributed by atoms with Crippen LogP contribution in [0.4, 0.5) is 24.8 Å². The van der Waals surface area contributed by atoms with Gasteiger partial charge in [-0.25, -0.2) is 4.98 Å². The Kier molecular flexibility index (Phi) is 4.43. The molecule has 1 aromatic heterocycles. The van der Waals surface area contributed by atoms with Crippen molar-refractivity contribution in [2.45, 2.75) is 39.4 Å². The molecular weight excluding hydrogens is 243 g/mol. The van der Waals surface area contributed by atoms with Gasteiger partial charge in [-0.2, -0.15) is 13.2 Å². The Balaban J connectivity index is 2.94. The Morgan fingerprint density at radius 2 is 1.94 bits per heavy atom. The predicted octanol–water partition coefficient (Wildman–Crippen LogP) is 3.53. The maximum atomic E-state index is 12.6. The molecule has 0 aromatic carbocycles. The average Bonchev–Trinajstić information content (AvgIpc) is 2.25. The second-order valence-electron chi connectivity index (χ2n) is 4.48. The second-order valence-corrected chi connectivity index (χ2v) is 4.48. The van der Waals surface area contributed by atoms with Crippen molar-refractivity contribution in [3.63, 3.8) is 0 Å². The smallest absolute Gasteiger partial charge is 0.384 e. The van der Waals surface area contributed by atoms with Crippen molar-refractivity contribution in [1.29, 1.82) is 0 Å². The number of nitrogens with zero attached hydrogens (tertiary/aromatic N) is 1. The first-order chi connectivity index (χ1) is 8.24. The van der Waals surface area contributed by atoms with Crippen molar-refractivity contribution in [2.24, 2.45) is 5.92 Å². The zero-order valence-corrected chi connectivity index (χ0v) is 10.7. The molecule has 1 heterocycles. The fraction of sp³-hybridized carbons (Fsp3) is 0.583. The summed E-state index contributed by atoms with van der Waals surface area (Å²) in [6.45, 7) is 5.96. The van der Waals surface area contributed by atoms with Crippen LogP contribution in [-0.2, 0) is 6.18 Å². The van der Waals surface area contributed by atoms with Crippen molar-refractivity contribution in [2.75, 3.05) is 11.1 Å². The molecule has 1 rings (SSSR count). The van der Waals surface area contributed by atoms with Crippen molar-refractivity contribution >= 4 is 11.6 Å². The van der Waals surface area contributed by atoms with E-state index in [9.17, 15) is 13.2 Å². The molecule has 1 aromatic rings. The molecule has 0 aliphatic carbocycles. The van der Waals surface area contributed by atoms with Crippen LogP contribution in [-0.4, -0.2) is 11.0 Å². The van der Waals surface area contributed by atoms with Crippen molar-refractivity contribution in [3.05, 3.63) is 17.7 Å². The molecule has 0 spiro atoms. The van der Waals surface area contributed by atoms with Crippen LogP contribution in [0, 0.1) is 5.92 Å².